The van der Waals surface area contributed by atoms with Gasteiger partial charge in [-0.3, -0.25) is 9.59 Å². The van der Waals surface area contributed by atoms with E-state index in [1.54, 1.807) is 0 Å². The molecule has 0 aliphatic carbocycles. The molecule has 0 heterocycles. The second-order valence-corrected chi connectivity index (χ2v) is 17.5. The van der Waals surface area contributed by atoms with Crippen LogP contribution in [0.4, 0.5) is 0 Å². The molecule has 0 saturated carbocycles. The van der Waals surface area contributed by atoms with Gasteiger partial charge in [0.25, 0.3) is 0 Å². The number of hydrogen-bond acceptors (Lipinski definition) is 5. The minimum Gasteiger partial charge on any atom is -0.466 e. The van der Waals surface area contributed by atoms with Crippen LogP contribution >= 0.6 is 0 Å². The molecule has 0 aliphatic heterocycles. The molecule has 59 heavy (non-hydrogen) atoms. The molecule has 0 bridgehead atoms. The van der Waals surface area contributed by atoms with Crippen LogP contribution in [0.15, 0.2) is 36.5 Å². The molecular weight excluding hydrogens is 731 g/mol. The number of amides is 1. The van der Waals surface area contributed by atoms with Crippen molar-refractivity contribution in [3.63, 3.8) is 0 Å². The number of hydrogen-bond donors (Lipinski definition) is 3. The van der Waals surface area contributed by atoms with Gasteiger partial charge in [0.15, 0.2) is 0 Å². The molecule has 0 aliphatic rings. The number of rotatable bonds is 47. The highest BCUT2D eigenvalue weighted by Crippen LogP contribution is 2.16. The first-order valence-corrected chi connectivity index (χ1v) is 25.7. The molecule has 0 saturated heterocycles. The Hall–Kier alpha value is -1.92. The summed E-state index contributed by atoms with van der Waals surface area (Å²) in [7, 11) is 0. The Kier molecular flexibility index (Phi) is 47.2. The zero-order valence-corrected chi connectivity index (χ0v) is 39.2. The van der Waals surface area contributed by atoms with Crippen molar-refractivity contribution in [2.45, 2.75) is 276 Å². The van der Waals surface area contributed by atoms with Gasteiger partial charge in [0.05, 0.1) is 25.4 Å². The zero-order chi connectivity index (χ0) is 43.0. The lowest BCUT2D eigenvalue weighted by Crippen LogP contribution is -2.45. The smallest absolute Gasteiger partial charge is 0.305 e. The molecule has 1 amide bonds. The fourth-order valence-electron chi connectivity index (χ4n) is 7.66. The first-order valence-electron chi connectivity index (χ1n) is 25.7. The highest BCUT2D eigenvalue weighted by atomic mass is 16.5. The summed E-state index contributed by atoms with van der Waals surface area (Å²) in [6, 6.07) is -0.568. The molecule has 6 heteroatoms. The molecular formula is C53H99NO5. The van der Waals surface area contributed by atoms with E-state index in [9.17, 15) is 19.8 Å². The molecule has 0 rings (SSSR count). The molecule has 6 nitrogen and oxygen atoms in total. The molecule has 0 fully saturated rings. The van der Waals surface area contributed by atoms with E-state index in [0.29, 0.717) is 25.9 Å². The van der Waals surface area contributed by atoms with Gasteiger partial charge < -0.3 is 20.3 Å². The summed E-state index contributed by atoms with van der Waals surface area (Å²) in [5, 5.41) is 23.2. The van der Waals surface area contributed by atoms with Crippen molar-refractivity contribution in [2.24, 2.45) is 0 Å². The molecule has 346 valence electrons. The van der Waals surface area contributed by atoms with Crippen molar-refractivity contribution in [3.8, 4) is 0 Å². The van der Waals surface area contributed by atoms with Crippen LogP contribution in [-0.2, 0) is 14.3 Å². The van der Waals surface area contributed by atoms with Crippen molar-refractivity contribution in [1.82, 2.24) is 5.32 Å². The van der Waals surface area contributed by atoms with Crippen molar-refractivity contribution < 1.29 is 24.5 Å². The summed E-state index contributed by atoms with van der Waals surface area (Å²) >= 11 is 0. The summed E-state index contributed by atoms with van der Waals surface area (Å²) < 4.78 is 5.43. The van der Waals surface area contributed by atoms with E-state index in [4.69, 9.17) is 4.74 Å². The van der Waals surface area contributed by atoms with Crippen LogP contribution < -0.4 is 5.32 Å². The maximum atomic E-state index is 12.4. The predicted molar refractivity (Wildman–Crippen MR) is 255 cm³/mol. The first kappa shape index (κ1) is 57.1. The third-order valence-electron chi connectivity index (χ3n) is 11.7. The van der Waals surface area contributed by atoms with Crippen molar-refractivity contribution in [3.05, 3.63) is 36.5 Å². The molecule has 0 aromatic carbocycles. The number of unbranched alkanes of at least 4 members (excludes halogenated alkanes) is 30. The summed E-state index contributed by atoms with van der Waals surface area (Å²) in [4.78, 5) is 24.5. The molecule has 2 unspecified atom stereocenters. The van der Waals surface area contributed by atoms with E-state index in [2.05, 4.69) is 55.6 Å². The highest BCUT2D eigenvalue weighted by molar-refractivity contribution is 5.76. The maximum absolute atomic E-state index is 12.4. The maximum Gasteiger partial charge on any atom is 0.305 e. The molecule has 0 radical (unpaired) electrons. The van der Waals surface area contributed by atoms with Gasteiger partial charge in [0.1, 0.15) is 0 Å². The Morgan fingerprint density at radius 2 is 0.847 bits per heavy atom. The number of aliphatic hydroxyl groups excluding tert-OH is 2. The minimum atomic E-state index is -0.687. The van der Waals surface area contributed by atoms with Crippen molar-refractivity contribution in [2.75, 3.05) is 13.2 Å². The minimum absolute atomic E-state index is 0.0501. The predicted octanol–water partition coefficient (Wildman–Crippen LogP) is 15.3. The highest BCUT2D eigenvalue weighted by Gasteiger charge is 2.20. The van der Waals surface area contributed by atoms with E-state index in [1.807, 2.05) is 0 Å². The normalized spacial score (nSPS) is 12.9. The van der Waals surface area contributed by atoms with Gasteiger partial charge in [-0.25, -0.2) is 0 Å². The summed E-state index contributed by atoms with van der Waals surface area (Å²) in [5.41, 5.74) is 0. The molecule has 0 aromatic rings. The lowest BCUT2D eigenvalue weighted by Gasteiger charge is -2.22. The summed E-state index contributed by atoms with van der Waals surface area (Å²) in [6.45, 7) is 4.84. The van der Waals surface area contributed by atoms with Gasteiger partial charge >= 0.3 is 5.97 Å². The average Bonchev–Trinajstić information content (AvgIpc) is 3.24. The number of carbonyl (C=O) groups is 2. The van der Waals surface area contributed by atoms with E-state index in [1.165, 1.54) is 141 Å². The monoisotopic (exact) mass is 830 g/mol. The number of allylic oxidation sites excluding steroid dienone is 6. The van der Waals surface area contributed by atoms with Gasteiger partial charge in [-0.05, 0) is 83.5 Å². The fraction of sp³-hybridized carbons (Fsp3) is 0.849. The van der Waals surface area contributed by atoms with Crippen LogP contribution in [-0.4, -0.2) is 47.4 Å². The van der Waals surface area contributed by atoms with Crippen LogP contribution in [0.25, 0.3) is 0 Å². The van der Waals surface area contributed by atoms with Crippen LogP contribution in [0.5, 0.6) is 0 Å². The van der Waals surface area contributed by atoms with Gasteiger partial charge in [0, 0.05) is 12.8 Å². The number of aliphatic hydroxyl groups is 2. The zero-order valence-electron chi connectivity index (χ0n) is 39.2. The van der Waals surface area contributed by atoms with Crippen LogP contribution in [0.2, 0.25) is 0 Å². The lowest BCUT2D eigenvalue weighted by molar-refractivity contribution is -0.143. The third-order valence-corrected chi connectivity index (χ3v) is 11.7. The number of ether oxygens (including phenoxy) is 1. The molecule has 2 atom stereocenters. The van der Waals surface area contributed by atoms with Crippen molar-refractivity contribution in [1.29, 1.82) is 0 Å². The Labute approximate surface area is 366 Å². The molecule has 0 spiro atoms. The Balaban J connectivity index is 3.55. The first-order chi connectivity index (χ1) is 29.0. The number of carbonyl (C=O) groups excluding carboxylic acids is 2. The van der Waals surface area contributed by atoms with Gasteiger partial charge in [-0.1, -0.05) is 204 Å². The summed E-state index contributed by atoms with van der Waals surface area (Å²) in [5.74, 6) is -0.122. The second kappa shape index (κ2) is 48.7. The fourth-order valence-corrected chi connectivity index (χ4v) is 7.66. The lowest BCUT2D eigenvalue weighted by atomic mass is 10.0. The standard InChI is InChI=1S/C53H99NO5/c1-3-5-7-9-11-13-15-17-19-21-23-25-29-33-37-41-45-51(56)50(49-55)54-52(57)46-42-38-34-30-27-28-32-36-40-44-48-59-53(58)47-43-39-35-31-26-24-22-20-18-16-14-12-10-8-6-4-2/h14,16,20,22,28,32,50-51,55-56H,3-13,15,17-19,21,23-27,29-31,33-49H2,1-2H3,(H,54,57)/b16-14-,22-20-,32-28-. The van der Waals surface area contributed by atoms with Crippen LogP contribution in [0.1, 0.15) is 264 Å². The Bertz CT molecular complexity index is 962. The van der Waals surface area contributed by atoms with E-state index >= 15 is 0 Å². The van der Waals surface area contributed by atoms with Crippen LogP contribution in [0, 0.1) is 0 Å². The second-order valence-electron chi connectivity index (χ2n) is 17.5. The number of esters is 1. The number of nitrogens with one attached hydrogen (secondary N) is 1. The van der Waals surface area contributed by atoms with E-state index in [-0.39, 0.29) is 18.5 Å². The Morgan fingerprint density at radius 1 is 0.475 bits per heavy atom. The SMILES string of the molecule is CCCCCC/C=C\C/C=C\CCCCCCCC(=O)OCCCC/C=C\CCCCCCC(=O)NC(CO)C(O)CCCCCCCCCCCCCCCCCC. The van der Waals surface area contributed by atoms with Gasteiger partial charge in [-0.2, -0.15) is 0 Å². The quantitative estimate of drug-likeness (QED) is 0.0323. The summed E-state index contributed by atoms with van der Waals surface area (Å²) in [6.07, 6.45) is 58.3. The van der Waals surface area contributed by atoms with E-state index < -0.39 is 12.1 Å². The molecule has 3 N–H and O–H groups in total. The van der Waals surface area contributed by atoms with Crippen LogP contribution in [0.3, 0.4) is 0 Å². The largest absolute Gasteiger partial charge is 0.466 e. The topological polar surface area (TPSA) is 95.9 Å². The molecule has 0 aromatic heterocycles. The van der Waals surface area contributed by atoms with Gasteiger partial charge in [0.2, 0.25) is 5.91 Å². The Morgan fingerprint density at radius 3 is 1.32 bits per heavy atom. The average molecular weight is 830 g/mol. The van der Waals surface area contributed by atoms with E-state index in [0.717, 1.165) is 89.9 Å². The third kappa shape index (κ3) is 45.4. The van der Waals surface area contributed by atoms with Crippen molar-refractivity contribution >= 4 is 11.9 Å². The van der Waals surface area contributed by atoms with Gasteiger partial charge in [-0.15, -0.1) is 0 Å².